The molecule has 6 nitrogen and oxygen atoms in total. The quantitative estimate of drug-likeness (QED) is 0.476. The van der Waals surface area contributed by atoms with Crippen molar-refractivity contribution in [2.45, 2.75) is 33.5 Å². The molecule has 0 aromatic rings. The Morgan fingerprint density at radius 2 is 1.53 bits per heavy atom. The van der Waals surface area contributed by atoms with Crippen molar-refractivity contribution < 1.29 is 19.1 Å². The van der Waals surface area contributed by atoms with Crippen molar-refractivity contribution in [2.75, 3.05) is 39.4 Å². The molecule has 0 saturated carbocycles. The maximum atomic E-state index is 11.9. The summed E-state index contributed by atoms with van der Waals surface area (Å²) in [7, 11) is 0. The summed E-state index contributed by atoms with van der Waals surface area (Å²) in [5.74, 6) is -0.821. The number of carbonyl (C=O) groups excluding carboxylic acids is 2. The topological polar surface area (TPSA) is 59.1 Å². The lowest BCUT2D eigenvalue weighted by atomic mass is 10.2. The van der Waals surface area contributed by atoms with Gasteiger partial charge in [0, 0.05) is 45.8 Å². The Hall–Kier alpha value is -1.14. The van der Waals surface area contributed by atoms with E-state index in [1.54, 1.807) is 9.80 Å². The largest absolute Gasteiger partial charge is 0.353 e. The van der Waals surface area contributed by atoms with Crippen LogP contribution in [-0.2, 0) is 19.1 Å². The van der Waals surface area contributed by atoms with Crippen molar-refractivity contribution in [2.24, 2.45) is 0 Å². The van der Waals surface area contributed by atoms with E-state index in [9.17, 15) is 9.59 Å². The van der Waals surface area contributed by atoms with Crippen LogP contribution in [-0.4, -0.2) is 67.3 Å². The van der Waals surface area contributed by atoms with E-state index in [0.29, 0.717) is 45.8 Å². The molecule has 6 heteroatoms. The smallest absolute Gasteiger partial charge is 0.312 e. The van der Waals surface area contributed by atoms with E-state index in [2.05, 4.69) is 0 Å². The normalized spacial score (nSPS) is 16.6. The minimum atomic E-state index is -0.417. The first-order valence-electron chi connectivity index (χ1n) is 6.95. The average molecular weight is 272 g/mol. The molecule has 0 unspecified atom stereocenters. The van der Waals surface area contributed by atoms with Crippen LogP contribution in [0.5, 0.6) is 0 Å². The van der Waals surface area contributed by atoms with E-state index in [0.717, 1.165) is 0 Å². The van der Waals surface area contributed by atoms with Crippen LogP contribution < -0.4 is 0 Å². The highest BCUT2D eigenvalue weighted by atomic mass is 16.7. The van der Waals surface area contributed by atoms with Gasteiger partial charge in [-0.25, -0.2) is 0 Å². The first-order chi connectivity index (χ1) is 9.13. The Kier molecular flexibility index (Phi) is 6.80. The number of hydrogen-bond acceptors (Lipinski definition) is 4. The fourth-order valence-corrected chi connectivity index (χ4v) is 2.08. The van der Waals surface area contributed by atoms with Gasteiger partial charge < -0.3 is 19.3 Å². The highest BCUT2D eigenvalue weighted by molar-refractivity contribution is 6.35. The van der Waals surface area contributed by atoms with Crippen molar-refractivity contribution in [3.8, 4) is 0 Å². The Morgan fingerprint density at radius 1 is 1.00 bits per heavy atom. The molecule has 2 amide bonds. The Bertz CT molecular complexity index is 303. The standard InChI is InChI=1S/C13H24N2O4/c1-4-14-9-10-15(13(17)12(14)16)8-7-11(18-5-2)19-6-3/h11H,4-10H2,1-3H3. The SMILES string of the molecule is CCOC(CCN1CCN(CC)C(=O)C1=O)OCC. The number of carbonyl (C=O) groups is 2. The first-order valence-corrected chi connectivity index (χ1v) is 6.95. The van der Waals surface area contributed by atoms with Crippen molar-refractivity contribution in [1.82, 2.24) is 9.80 Å². The zero-order valence-electron chi connectivity index (χ0n) is 12.1. The molecule has 0 aromatic carbocycles. The van der Waals surface area contributed by atoms with Crippen LogP contribution in [0.25, 0.3) is 0 Å². The molecule has 0 radical (unpaired) electrons. The molecule has 110 valence electrons. The minimum Gasteiger partial charge on any atom is -0.353 e. The molecule has 1 aliphatic rings. The number of likely N-dealkylation sites (N-methyl/N-ethyl adjacent to an activating group) is 1. The van der Waals surface area contributed by atoms with E-state index in [-0.39, 0.29) is 6.29 Å². The van der Waals surface area contributed by atoms with Crippen LogP contribution in [0.2, 0.25) is 0 Å². The van der Waals surface area contributed by atoms with Gasteiger partial charge in [-0.3, -0.25) is 9.59 Å². The van der Waals surface area contributed by atoms with Gasteiger partial charge in [0.25, 0.3) is 0 Å². The van der Waals surface area contributed by atoms with Crippen molar-refractivity contribution in [3.05, 3.63) is 0 Å². The predicted molar refractivity (Wildman–Crippen MR) is 70.5 cm³/mol. The third-order valence-electron chi connectivity index (χ3n) is 3.12. The summed E-state index contributed by atoms with van der Waals surface area (Å²) in [6.07, 6.45) is 0.286. The molecule has 0 N–H and O–H groups in total. The lowest BCUT2D eigenvalue weighted by Gasteiger charge is -2.33. The third-order valence-corrected chi connectivity index (χ3v) is 3.12. The zero-order chi connectivity index (χ0) is 14.3. The summed E-state index contributed by atoms with van der Waals surface area (Å²) in [4.78, 5) is 26.8. The van der Waals surface area contributed by atoms with Gasteiger partial charge in [0.1, 0.15) is 0 Å². The lowest BCUT2D eigenvalue weighted by molar-refractivity contribution is -0.160. The van der Waals surface area contributed by atoms with Crippen LogP contribution >= 0.6 is 0 Å². The number of hydrogen-bond donors (Lipinski definition) is 0. The number of nitrogens with zero attached hydrogens (tertiary/aromatic N) is 2. The van der Waals surface area contributed by atoms with Gasteiger partial charge >= 0.3 is 11.8 Å². The predicted octanol–water partition coefficient (Wildman–Crippen LogP) is 0.466. The second-order valence-electron chi connectivity index (χ2n) is 4.31. The molecule has 0 aliphatic carbocycles. The molecule has 1 fully saturated rings. The highest BCUT2D eigenvalue weighted by Gasteiger charge is 2.31. The second kappa shape index (κ2) is 8.12. The second-order valence-corrected chi connectivity index (χ2v) is 4.31. The van der Waals surface area contributed by atoms with E-state index in [1.165, 1.54) is 0 Å². The van der Waals surface area contributed by atoms with Crippen LogP contribution in [0.3, 0.4) is 0 Å². The van der Waals surface area contributed by atoms with E-state index < -0.39 is 11.8 Å². The lowest BCUT2D eigenvalue weighted by Crippen LogP contribution is -2.54. The zero-order valence-corrected chi connectivity index (χ0v) is 12.1. The molecular formula is C13H24N2O4. The average Bonchev–Trinajstić information content (AvgIpc) is 2.41. The Morgan fingerprint density at radius 3 is 2.05 bits per heavy atom. The highest BCUT2D eigenvalue weighted by Crippen LogP contribution is 2.08. The first kappa shape index (κ1) is 15.9. The minimum absolute atomic E-state index is 0.304. The van der Waals surface area contributed by atoms with Crippen LogP contribution in [0.1, 0.15) is 27.2 Å². The van der Waals surface area contributed by atoms with Crippen molar-refractivity contribution in [3.63, 3.8) is 0 Å². The third kappa shape index (κ3) is 4.47. The van der Waals surface area contributed by atoms with E-state index >= 15 is 0 Å². The molecule has 0 bridgehead atoms. The van der Waals surface area contributed by atoms with Gasteiger partial charge in [-0.2, -0.15) is 0 Å². The van der Waals surface area contributed by atoms with Crippen LogP contribution in [0.15, 0.2) is 0 Å². The van der Waals surface area contributed by atoms with Gasteiger partial charge in [0.15, 0.2) is 6.29 Å². The van der Waals surface area contributed by atoms with Crippen molar-refractivity contribution in [1.29, 1.82) is 0 Å². The summed E-state index contributed by atoms with van der Waals surface area (Å²) < 4.78 is 10.8. The maximum Gasteiger partial charge on any atom is 0.312 e. The van der Waals surface area contributed by atoms with Crippen LogP contribution in [0, 0.1) is 0 Å². The van der Waals surface area contributed by atoms with Gasteiger partial charge in [-0.1, -0.05) is 0 Å². The number of amides is 2. The van der Waals surface area contributed by atoms with Crippen LogP contribution in [0.4, 0.5) is 0 Å². The summed E-state index contributed by atoms with van der Waals surface area (Å²) in [5, 5.41) is 0. The summed E-state index contributed by atoms with van der Waals surface area (Å²) in [5.41, 5.74) is 0. The fraction of sp³-hybridized carbons (Fsp3) is 0.846. The molecule has 1 saturated heterocycles. The molecule has 19 heavy (non-hydrogen) atoms. The van der Waals surface area contributed by atoms with Crippen molar-refractivity contribution >= 4 is 11.8 Å². The molecule has 0 aromatic heterocycles. The molecule has 0 spiro atoms. The monoisotopic (exact) mass is 272 g/mol. The summed E-state index contributed by atoms with van der Waals surface area (Å²) in [6, 6.07) is 0. The summed E-state index contributed by atoms with van der Waals surface area (Å²) >= 11 is 0. The molecular weight excluding hydrogens is 248 g/mol. The van der Waals surface area contributed by atoms with Gasteiger partial charge in [-0.15, -0.1) is 0 Å². The van der Waals surface area contributed by atoms with Gasteiger partial charge in [-0.05, 0) is 20.8 Å². The maximum absolute atomic E-state index is 11.9. The Balaban J connectivity index is 2.44. The van der Waals surface area contributed by atoms with E-state index in [4.69, 9.17) is 9.47 Å². The number of ether oxygens (including phenoxy) is 2. The molecule has 1 heterocycles. The fourth-order valence-electron chi connectivity index (χ4n) is 2.08. The molecule has 1 aliphatic heterocycles. The molecule has 0 atom stereocenters. The number of piperazine rings is 1. The number of rotatable bonds is 8. The van der Waals surface area contributed by atoms with Gasteiger partial charge in [0.05, 0.1) is 0 Å². The Labute approximate surface area is 114 Å². The summed E-state index contributed by atoms with van der Waals surface area (Å²) in [6.45, 7) is 9.09. The van der Waals surface area contributed by atoms with Gasteiger partial charge in [0.2, 0.25) is 0 Å². The molecule has 1 rings (SSSR count). The van der Waals surface area contributed by atoms with E-state index in [1.807, 2.05) is 20.8 Å².